The van der Waals surface area contributed by atoms with Gasteiger partial charge in [-0.3, -0.25) is 4.98 Å². The summed E-state index contributed by atoms with van der Waals surface area (Å²) in [4.78, 5) is 12.5. The number of thiazole rings is 1. The van der Waals surface area contributed by atoms with Crippen LogP contribution in [0.5, 0.6) is 11.5 Å². The lowest BCUT2D eigenvalue weighted by Crippen LogP contribution is -2.23. The molecule has 1 aliphatic heterocycles. The molecule has 0 atom stereocenters. The molecule has 35 heavy (non-hydrogen) atoms. The van der Waals surface area contributed by atoms with Gasteiger partial charge < -0.3 is 14.5 Å². The predicted molar refractivity (Wildman–Crippen MR) is 134 cm³/mol. The summed E-state index contributed by atoms with van der Waals surface area (Å²) in [7, 11) is 1.86. The molecule has 0 spiro atoms. The van der Waals surface area contributed by atoms with Crippen LogP contribution in [0.15, 0.2) is 64.7 Å². The minimum atomic E-state index is -0.625. The van der Waals surface area contributed by atoms with Crippen molar-refractivity contribution in [2.75, 3.05) is 18.3 Å². The summed E-state index contributed by atoms with van der Waals surface area (Å²) in [6.07, 6.45) is 4.73. The van der Waals surface area contributed by atoms with E-state index in [4.69, 9.17) is 16.3 Å². The number of pyridine rings is 2. The molecule has 0 saturated carbocycles. The fourth-order valence-electron chi connectivity index (χ4n) is 3.35. The largest absolute Gasteiger partial charge is 0.453 e. The van der Waals surface area contributed by atoms with Crippen molar-refractivity contribution in [3.63, 3.8) is 0 Å². The van der Waals surface area contributed by atoms with E-state index < -0.39 is 11.8 Å². The van der Waals surface area contributed by atoms with Crippen LogP contribution in [0.3, 0.4) is 0 Å². The van der Waals surface area contributed by atoms with Crippen molar-refractivity contribution in [2.45, 2.75) is 4.90 Å². The van der Waals surface area contributed by atoms with Crippen molar-refractivity contribution in [1.29, 1.82) is 0 Å². The Morgan fingerprint density at radius 3 is 2.80 bits per heavy atom. The third-order valence-corrected chi connectivity index (χ3v) is 6.75. The van der Waals surface area contributed by atoms with E-state index >= 15 is 0 Å². The zero-order valence-electron chi connectivity index (χ0n) is 18.1. The maximum atomic E-state index is 14.8. The summed E-state index contributed by atoms with van der Waals surface area (Å²) < 4.78 is 38.1. The molecule has 0 radical (unpaired) electrons. The fourth-order valence-corrected chi connectivity index (χ4v) is 4.84. The van der Waals surface area contributed by atoms with Crippen LogP contribution in [0, 0.1) is 11.8 Å². The van der Waals surface area contributed by atoms with Crippen molar-refractivity contribution in [1.82, 2.24) is 25.4 Å². The Bertz CT molecular complexity index is 1400. The van der Waals surface area contributed by atoms with Gasteiger partial charge in [0.15, 0.2) is 5.75 Å². The van der Waals surface area contributed by atoms with Crippen molar-refractivity contribution < 1.29 is 13.5 Å². The normalized spacial score (nSPS) is 13.1. The van der Waals surface area contributed by atoms with Crippen molar-refractivity contribution >= 4 is 46.3 Å². The molecule has 0 amide bonds. The maximum absolute atomic E-state index is 14.8. The van der Waals surface area contributed by atoms with Gasteiger partial charge in [0.25, 0.3) is 0 Å². The van der Waals surface area contributed by atoms with Crippen LogP contribution in [0.1, 0.15) is 5.56 Å². The van der Waals surface area contributed by atoms with Crippen LogP contribution >= 0.6 is 34.9 Å². The highest BCUT2D eigenvalue weighted by Crippen LogP contribution is 2.39. The van der Waals surface area contributed by atoms with E-state index in [-0.39, 0.29) is 16.3 Å². The fraction of sp³-hybridized carbons (Fsp3) is 0.0870. The molecule has 178 valence electrons. The first-order chi connectivity index (χ1) is 17.0. The highest BCUT2D eigenvalue weighted by Gasteiger charge is 2.20. The summed E-state index contributed by atoms with van der Waals surface area (Å²) in [6, 6.07) is 7.66. The number of hydrazine groups is 1. The average molecular weight is 531 g/mol. The molecule has 4 aromatic rings. The number of anilines is 1. The van der Waals surface area contributed by atoms with Gasteiger partial charge in [-0.2, -0.15) is 4.39 Å². The molecular weight excluding hydrogens is 514 g/mol. The van der Waals surface area contributed by atoms with E-state index in [1.165, 1.54) is 35.9 Å². The minimum absolute atomic E-state index is 0.130. The summed E-state index contributed by atoms with van der Waals surface area (Å²) >= 11 is 8.93. The van der Waals surface area contributed by atoms with Crippen LogP contribution in [-0.4, -0.2) is 33.6 Å². The third-order valence-electron chi connectivity index (χ3n) is 5.02. The monoisotopic (exact) mass is 530 g/mol. The first-order valence-corrected chi connectivity index (χ1v) is 12.4. The van der Waals surface area contributed by atoms with E-state index in [2.05, 4.69) is 25.1 Å². The second-order valence-corrected chi connectivity index (χ2v) is 9.37. The summed E-state index contributed by atoms with van der Waals surface area (Å²) in [5, 5.41) is 3.83. The molecule has 1 aromatic carbocycles. The molecule has 4 heterocycles. The molecule has 12 heteroatoms. The van der Waals surface area contributed by atoms with Crippen LogP contribution in [0.4, 0.5) is 14.6 Å². The number of nitrogens with one attached hydrogen (secondary N) is 2. The number of aromatic nitrogens is 3. The molecule has 0 unspecified atom stereocenters. The number of hydrogen-bond acceptors (Lipinski definition) is 9. The zero-order chi connectivity index (χ0) is 24.4. The van der Waals surface area contributed by atoms with Gasteiger partial charge in [0.05, 0.1) is 32.9 Å². The molecule has 5 rings (SSSR count). The molecule has 1 aliphatic rings. The van der Waals surface area contributed by atoms with E-state index in [0.717, 1.165) is 17.5 Å². The second-order valence-electron chi connectivity index (χ2n) is 7.40. The highest BCUT2D eigenvalue weighted by atomic mass is 35.5. The average Bonchev–Trinajstić information content (AvgIpc) is 3.53. The van der Waals surface area contributed by atoms with Gasteiger partial charge in [-0.25, -0.2) is 19.8 Å². The third kappa shape index (κ3) is 5.22. The number of rotatable bonds is 7. The summed E-state index contributed by atoms with van der Waals surface area (Å²) in [5.41, 5.74) is 7.04. The molecule has 0 saturated heterocycles. The number of benzene rings is 1. The van der Waals surface area contributed by atoms with Crippen LogP contribution < -0.4 is 14.9 Å². The lowest BCUT2D eigenvalue weighted by molar-refractivity contribution is 0.374. The van der Waals surface area contributed by atoms with Crippen molar-refractivity contribution in [3.8, 4) is 22.8 Å². The van der Waals surface area contributed by atoms with Gasteiger partial charge in [0.2, 0.25) is 5.95 Å². The lowest BCUT2D eigenvalue weighted by Gasteiger charge is -2.15. The zero-order valence-corrected chi connectivity index (χ0v) is 20.5. The predicted octanol–water partition coefficient (Wildman–Crippen LogP) is 6.23. The summed E-state index contributed by atoms with van der Waals surface area (Å²) in [5.74, 6) is -0.0313. The molecule has 0 bridgehead atoms. The first-order valence-electron chi connectivity index (χ1n) is 10.2. The van der Waals surface area contributed by atoms with E-state index in [0.29, 0.717) is 34.3 Å². The second kappa shape index (κ2) is 10.2. The number of hydrogen-bond donors (Lipinski definition) is 2. The highest BCUT2D eigenvalue weighted by molar-refractivity contribution is 8.00. The Hall–Kier alpha value is -3.25. The Morgan fingerprint density at radius 1 is 1.17 bits per heavy atom. The topological polar surface area (TPSA) is 75.2 Å². The van der Waals surface area contributed by atoms with Crippen LogP contribution in [0.25, 0.3) is 16.8 Å². The van der Waals surface area contributed by atoms with E-state index in [1.54, 1.807) is 28.7 Å². The Labute approximate surface area is 213 Å². The maximum Gasteiger partial charge on any atom is 0.222 e. The number of halogens is 3. The Kier molecular flexibility index (Phi) is 6.82. The quantitative estimate of drug-likeness (QED) is 0.215. The molecule has 0 fully saturated rings. The lowest BCUT2D eigenvalue weighted by atomic mass is 10.0. The molecule has 2 N–H and O–H groups in total. The van der Waals surface area contributed by atoms with E-state index in [1.807, 2.05) is 18.6 Å². The van der Waals surface area contributed by atoms with E-state index in [9.17, 15) is 8.78 Å². The molecule has 3 aromatic heterocycles. The summed E-state index contributed by atoms with van der Waals surface area (Å²) in [6.45, 7) is 0.520. The molecular formula is C23H17ClF2N6OS2. The van der Waals surface area contributed by atoms with Gasteiger partial charge in [-0.05, 0) is 41.8 Å². The van der Waals surface area contributed by atoms with Gasteiger partial charge in [0, 0.05) is 43.0 Å². The van der Waals surface area contributed by atoms with Crippen molar-refractivity contribution in [3.05, 3.63) is 82.2 Å². The smallest absolute Gasteiger partial charge is 0.222 e. The number of ether oxygens (including phenoxy) is 1. The van der Waals surface area contributed by atoms with Gasteiger partial charge >= 0.3 is 0 Å². The van der Waals surface area contributed by atoms with Gasteiger partial charge in [0.1, 0.15) is 17.4 Å². The minimum Gasteiger partial charge on any atom is -0.453 e. The first kappa shape index (κ1) is 23.5. The van der Waals surface area contributed by atoms with Crippen LogP contribution in [-0.2, 0) is 0 Å². The Balaban J connectivity index is 1.47. The van der Waals surface area contributed by atoms with Crippen LogP contribution in [0.2, 0.25) is 5.02 Å². The molecule has 0 aliphatic carbocycles. The standard InChI is InChI=1S/C23H17ClF2N6OS2/c1-32-10-13(8-30-32)15-5-18(14-3-2-4-27-23(14)26)28-9-20(15)33-19-7-17(25)21(6-16(19)24)35-31-22-11-34-12-29-22/h2-7,9-12,30-31H,8H2,1H3. The Morgan fingerprint density at radius 2 is 2.06 bits per heavy atom. The SMILES string of the molecule is CN1C=C(c2cc(-c3cccnc3F)ncc2Oc2cc(F)c(SNc3cscn3)cc2Cl)CN1. The van der Waals surface area contributed by atoms with Gasteiger partial charge in [-0.1, -0.05) is 11.6 Å². The van der Waals surface area contributed by atoms with Gasteiger partial charge in [-0.15, -0.1) is 11.3 Å². The molecule has 7 nitrogen and oxygen atoms in total. The van der Waals surface area contributed by atoms with Crippen molar-refractivity contribution in [2.24, 2.45) is 0 Å². The number of nitrogens with zero attached hydrogens (tertiary/aromatic N) is 4.